The van der Waals surface area contributed by atoms with Gasteiger partial charge in [0.25, 0.3) is 5.91 Å². The molecule has 31 heavy (non-hydrogen) atoms. The molecule has 0 spiro atoms. The molecule has 2 aromatic carbocycles. The third-order valence-electron chi connectivity index (χ3n) is 5.29. The molecule has 1 N–H and O–H groups in total. The van der Waals surface area contributed by atoms with Gasteiger partial charge in [0.15, 0.2) is 11.9 Å². The van der Waals surface area contributed by atoms with E-state index in [4.69, 9.17) is 4.74 Å². The molecule has 1 saturated heterocycles. The lowest BCUT2D eigenvalue weighted by Crippen LogP contribution is -2.52. The smallest absolute Gasteiger partial charge is 0.263 e. The van der Waals surface area contributed by atoms with Crippen molar-refractivity contribution in [2.24, 2.45) is 0 Å². The van der Waals surface area contributed by atoms with Gasteiger partial charge in [-0.3, -0.25) is 4.79 Å². The van der Waals surface area contributed by atoms with Gasteiger partial charge in [-0.15, -0.1) is 10.2 Å². The van der Waals surface area contributed by atoms with Crippen molar-refractivity contribution in [2.75, 3.05) is 36.4 Å². The number of rotatable bonds is 7. The normalized spacial score (nSPS) is 14.7. The fourth-order valence-electron chi connectivity index (χ4n) is 3.54. The van der Waals surface area contributed by atoms with Gasteiger partial charge in [-0.25, -0.2) is 0 Å². The number of carbonyl (C=O) groups excluding carboxylic acids is 1. The number of para-hydroxylation sites is 1. The summed E-state index contributed by atoms with van der Waals surface area (Å²) >= 11 is 0. The molecule has 160 valence electrons. The zero-order valence-corrected chi connectivity index (χ0v) is 17.6. The third kappa shape index (κ3) is 5.51. The van der Waals surface area contributed by atoms with Crippen molar-refractivity contribution in [3.63, 3.8) is 0 Å². The van der Waals surface area contributed by atoms with Crippen LogP contribution in [-0.4, -0.2) is 53.3 Å². The quantitative estimate of drug-likeness (QED) is 0.637. The highest BCUT2D eigenvalue weighted by molar-refractivity contribution is 5.81. The molecule has 0 bridgehead atoms. The lowest BCUT2D eigenvalue weighted by Gasteiger charge is -2.36. The van der Waals surface area contributed by atoms with E-state index < -0.39 is 6.10 Å². The SMILES string of the molecule is CC(Oc1ccccc1)C(=O)N1CCN(c2ccc(NCc3ccccc3)nn2)CC1. The first kappa shape index (κ1) is 20.7. The van der Waals surface area contributed by atoms with Gasteiger partial charge in [-0.2, -0.15) is 0 Å². The molecular formula is C24H27N5O2. The van der Waals surface area contributed by atoms with E-state index >= 15 is 0 Å². The summed E-state index contributed by atoms with van der Waals surface area (Å²) in [5, 5.41) is 11.9. The van der Waals surface area contributed by atoms with E-state index in [0.717, 1.165) is 24.7 Å². The van der Waals surface area contributed by atoms with Crippen LogP contribution in [0.3, 0.4) is 0 Å². The highest BCUT2D eigenvalue weighted by atomic mass is 16.5. The van der Waals surface area contributed by atoms with Crippen LogP contribution >= 0.6 is 0 Å². The van der Waals surface area contributed by atoms with Crippen LogP contribution < -0.4 is 15.0 Å². The Bertz CT molecular complexity index is 958. The van der Waals surface area contributed by atoms with Gasteiger partial charge in [0.1, 0.15) is 11.6 Å². The number of aromatic nitrogens is 2. The highest BCUT2D eigenvalue weighted by Crippen LogP contribution is 2.17. The number of anilines is 2. The maximum atomic E-state index is 12.7. The number of nitrogens with zero attached hydrogens (tertiary/aromatic N) is 4. The number of benzene rings is 2. The Morgan fingerprint density at radius 2 is 1.61 bits per heavy atom. The number of carbonyl (C=O) groups is 1. The average molecular weight is 418 g/mol. The van der Waals surface area contributed by atoms with Crippen molar-refractivity contribution in [3.05, 3.63) is 78.4 Å². The molecule has 7 heteroatoms. The summed E-state index contributed by atoms with van der Waals surface area (Å²) in [7, 11) is 0. The van der Waals surface area contributed by atoms with E-state index in [1.54, 1.807) is 6.92 Å². The Hall–Kier alpha value is -3.61. The van der Waals surface area contributed by atoms with Crippen LogP contribution in [0.2, 0.25) is 0 Å². The molecule has 4 rings (SSSR count). The zero-order chi connectivity index (χ0) is 21.5. The molecule has 1 fully saturated rings. The Morgan fingerprint density at radius 3 is 2.26 bits per heavy atom. The first-order valence-electron chi connectivity index (χ1n) is 10.6. The van der Waals surface area contributed by atoms with Gasteiger partial charge in [-0.05, 0) is 36.8 Å². The van der Waals surface area contributed by atoms with Crippen molar-refractivity contribution >= 4 is 17.5 Å². The van der Waals surface area contributed by atoms with E-state index in [2.05, 4.69) is 32.5 Å². The van der Waals surface area contributed by atoms with Crippen molar-refractivity contribution in [1.29, 1.82) is 0 Å². The van der Waals surface area contributed by atoms with Crippen molar-refractivity contribution in [2.45, 2.75) is 19.6 Å². The monoisotopic (exact) mass is 417 g/mol. The molecule has 1 amide bonds. The lowest BCUT2D eigenvalue weighted by atomic mass is 10.2. The molecule has 0 radical (unpaired) electrons. The van der Waals surface area contributed by atoms with Crippen LogP contribution in [0.1, 0.15) is 12.5 Å². The predicted molar refractivity (Wildman–Crippen MR) is 121 cm³/mol. The summed E-state index contributed by atoms with van der Waals surface area (Å²) in [5.74, 6) is 2.28. The first-order valence-corrected chi connectivity index (χ1v) is 10.6. The van der Waals surface area contributed by atoms with Crippen LogP contribution in [0.15, 0.2) is 72.8 Å². The van der Waals surface area contributed by atoms with Crippen molar-refractivity contribution < 1.29 is 9.53 Å². The Kier molecular flexibility index (Phi) is 6.62. The van der Waals surface area contributed by atoms with Gasteiger partial charge in [0, 0.05) is 32.7 Å². The summed E-state index contributed by atoms with van der Waals surface area (Å²) in [6.45, 7) is 5.21. The molecule has 7 nitrogen and oxygen atoms in total. The predicted octanol–water partition coefficient (Wildman–Crippen LogP) is 3.20. The van der Waals surface area contributed by atoms with Gasteiger partial charge in [-0.1, -0.05) is 48.5 Å². The van der Waals surface area contributed by atoms with E-state index in [1.165, 1.54) is 5.56 Å². The zero-order valence-electron chi connectivity index (χ0n) is 17.6. The van der Waals surface area contributed by atoms with E-state index in [0.29, 0.717) is 25.4 Å². The number of hydrogen-bond acceptors (Lipinski definition) is 6. The summed E-state index contributed by atoms with van der Waals surface area (Å²) in [4.78, 5) is 16.7. The van der Waals surface area contributed by atoms with Crippen molar-refractivity contribution in [1.82, 2.24) is 15.1 Å². The highest BCUT2D eigenvalue weighted by Gasteiger charge is 2.26. The van der Waals surface area contributed by atoms with Crippen LogP contribution in [-0.2, 0) is 11.3 Å². The topological polar surface area (TPSA) is 70.6 Å². The number of amides is 1. The van der Waals surface area contributed by atoms with Crippen molar-refractivity contribution in [3.8, 4) is 5.75 Å². The van der Waals surface area contributed by atoms with E-state index in [9.17, 15) is 4.79 Å². The second-order valence-corrected chi connectivity index (χ2v) is 7.50. The number of piperazine rings is 1. The van der Waals surface area contributed by atoms with Crippen LogP contribution in [0.25, 0.3) is 0 Å². The third-order valence-corrected chi connectivity index (χ3v) is 5.29. The molecule has 1 aliphatic heterocycles. The standard InChI is InChI=1S/C24H27N5O2/c1-19(31-21-10-6-3-7-11-21)24(30)29-16-14-28(15-17-29)23-13-12-22(26-27-23)25-18-20-8-4-2-5-9-20/h2-13,19H,14-18H2,1H3,(H,25,26). The maximum absolute atomic E-state index is 12.7. The minimum Gasteiger partial charge on any atom is -0.481 e. The molecule has 1 aromatic heterocycles. The van der Waals surface area contributed by atoms with Crippen LogP contribution in [0.4, 0.5) is 11.6 Å². The molecular weight excluding hydrogens is 390 g/mol. The second-order valence-electron chi connectivity index (χ2n) is 7.50. The Morgan fingerprint density at radius 1 is 0.935 bits per heavy atom. The Labute approximate surface area is 182 Å². The minimum atomic E-state index is -0.510. The van der Waals surface area contributed by atoms with E-state index in [1.807, 2.05) is 65.6 Å². The molecule has 0 saturated carbocycles. The molecule has 2 heterocycles. The molecule has 3 aromatic rings. The lowest BCUT2D eigenvalue weighted by molar-refractivity contribution is -0.138. The average Bonchev–Trinajstić information content (AvgIpc) is 2.84. The van der Waals surface area contributed by atoms with Gasteiger partial charge in [0.2, 0.25) is 0 Å². The van der Waals surface area contributed by atoms with Gasteiger partial charge >= 0.3 is 0 Å². The summed E-state index contributed by atoms with van der Waals surface area (Å²) in [5.41, 5.74) is 1.19. The van der Waals surface area contributed by atoms with E-state index in [-0.39, 0.29) is 5.91 Å². The molecule has 1 atom stereocenters. The summed E-state index contributed by atoms with van der Waals surface area (Å²) < 4.78 is 5.77. The fourth-order valence-corrected chi connectivity index (χ4v) is 3.54. The summed E-state index contributed by atoms with van der Waals surface area (Å²) in [6, 6.07) is 23.5. The second kappa shape index (κ2) is 9.93. The molecule has 0 aliphatic carbocycles. The molecule has 1 unspecified atom stereocenters. The summed E-state index contributed by atoms with van der Waals surface area (Å²) in [6.07, 6.45) is -0.510. The first-order chi connectivity index (χ1) is 15.2. The minimum absolute atomic E-state index is 0.00930. The number of nitrogens with one attached hydrogen (secondary N) is 1. The Balaban J connectivity index is 1.26. The van der Waals surface area contributed by atoms with Gasteiger partial charge < -0.3 is 19.9 Å². The fraction of sp³-hybridized carbons (Fsp3) is 0.292. The number of ether oxygens (including phenoxy) is 1. The van der Waals surface area contributed by atoms with Crippen LogP contribution in [0.5, 0.6) is 5.75 Å². The number of hydrogen-bond donors (Lipinski definition) is 1. The molecule has 1 aliphatic rings. The largest absolute Gasteiger partial charge is 0.481 e. The van der Waals surface area contributed by atoms with Crippen LogP contribution in [0, 0.1) is 0 Å². The maximum Gasteiger partial charge on any atom is 0.263 e. The van der Waals surface area contributed by atoms with Gasteiger partial charge in [0.05, 0.1) is 0 Å².